The van der Waals surface area contributed by atoms with Gasteiger partial charge >= 0.3 is 6.18 Å². The van der Waals surface area contributed by atoms with Gasteiger partial charge in [0.15, 0.2) is 5.82 Å². The van der Waals surface area contributed by atoms with Gasteiger partial charge in [-0.2, -0.15) is 13.2 Å². The number of rotatable bonds is 6. The van der Waals surface area contributed by atoms with E-state index in [1.54, 1.807) is 6.07 Å². The van der Waals surface area contributed by atoms with Crippen molar-refractivity contribution in [3.05, 3.63) is 119 Å². The van der Waals surface area contributed by atoms with Crippen molar-refractivity contribution >= 4 is 28.4 Å². The normalized spacial score (nSPS) is 13.9. The molecule has 0 spiro atoms. The van der Waals surface area contributed by atoms with Gasteiger partial charge in [0.25, 0.3) is 0 Å². The van der Waals surface area contributed by atoms with E-state index in [1.807, 2.05) is 78.2 Å². The van der Waals surface area contributed by atoms with Gasteiger partial charge in [0.05, 0.1) is 30.0 Å². The van der Waals surface area contributed by atoms with Crippen LogP contribution in [0.3, 0.4) is 0 Å². The first kappa shape index (κ1) is 27.7. The summed E-state index contributed by atoms with van der Waals surface area (Å²) in [6.45, 7) is 6.13. The summed E-state index contributed by atoms with van der Waals surface area (Å²) in [5, 5.41) is 0. The van der Waals surface area contributed by atoms with Crippen molar-refractivity contribution in [2.45, 2.75) is 26.6 Å². The topological polar surface area (TPSA) is 55.5 Å². The first-order valence-electron chi connectivity index (χ1n) is 13.9. The Kier molecular flexibility index (Phi) is 7.51. The second-order valence-electron chi connectivity index (χ2n) is 10.3. The van der Waals surface area contributed by atoms with Crippen molar-refractivity contribution in [1.29, 1.82) is 0 Å². The van der Waals surface area contributed by atoms with E-state index < -0.39 is 11.7 Å². The molecule has 0 radical (unpaired) electrons. The third-order valence-electron chi connectivity index (χ3n) is 7.62. The number of halogens is 3. The van der Waals surface area contributed by atoms with E-state index in [4.69, 9.17) is 19.7 Å². The van der Waals surface area contributed by atoms with Gasteiger partial charge in [-0.3, -0.25) is 0 Å². The lowest BCUT2D eigenvalue weighted by molar-refractivity contribution is -0.138. The molecular formula is C33H30F3N5O. The maximum Gasteiger partial charge on any atom is 0.416 e. The third kappa shape index (κ3) is 5.52. The number of aliphatic imine (C=N–C) groups is 1. The fourth-order valence-electron chi connectivity index (χ4n) is 5.37. The fraction of sp³-hybridized carbons (Fsp3) is 0.242. The second-order valence-corrected chi connectivity index (χ2v) is 10.3. The number of ether oxygens (including phenoxy) is 1. The largest absolute Gasteiger partial charge is 0.416 e. The molecule has 0 bridgehead atoms. The van der Waals surface area contributed by atoms with Crippen molar-refractivity contribution in [1.82, 2.24) is 14.5 Å². The molecule has 0 N–H and O–H groups in total. The van der Waals surface area contributed by atoms with E-state index in [2.05, 4.69) is 4.90 Å². The Morgan fingerprint density at radius 2 is 1.50 bits per heavy atom. The van der Waals surface area contributed by atoms with Gasteiger partial charge < -0.3 is 14.2 Å². The highest BCUT2D eigenvalue weighted by Crippen LogP contribution is 2.35. The molecule has 5 aromatic rings. The Hall–Kier alpha value is -4.50. The first-order valence-corrected chi connectivity index (χ1v) is 13.9. The molecule has 6 nitrogen and oxygen atoms in total. The minimum Gasteiger partial charge on any atom is -0.378 e. The smallest absolute Gasteiger partial charge is 0.378 e. The van der Waals surface area contributed by atoms with Crippen LogP contribution >= 0.6 is 0 Å². The fourth-order valence-corrected chi connectivity index (χ4v) is 5.37. The molecule has 3 aromatic carbocycles. The highest BCUT2D eigenvalue weighted by Gasteiger charge is 2.33. The van der Waals surface area contributed by atoms with Crippen LogP contribution in [-0.2, 0) is 17.5 Å². The van der Waals surface area contributed by atoms with Crippen LogP contribution in [0.15, 0.2) is 89.9 Å². The SMILES string of the molecule is Cc1c(Cn2c(C)nc3c(N=C(c4ccccc4)c4ccccc4)nc(N4CCOCC4)cc32)cccc1C(F)(F)F. The van der Waals surface area contributed by atoms with Crippen LogP contribution in [0.5, 0.6) is 0 Å². The molecule has 0 unspecified atom stereocenters. The number of hydrogen-bond acceptors (Lipinski definition) is 5. The van der Waals surface area contributed by atoms with Crippen LogP contribution in [-0.4, -0.2) is 46.6 Å². The summed E-state index contributed by atoms with van der Waals surface area (Å²) in [5.74, 6) is 1.85. The average molecular weight is 570 g/mol. The zero-order valence-corrected chi connectivity index (χ0v) is 23.4. The number of pyridine rings is 1. The number of aryl methyl sites for hydroxylation is 1. The van der Waals surface area contributed by atoms with Gasteiger partial charge in [-0.25, -0.2) is 15.0 Å². The molecule has 214 valence electrons. The summed E-state index contributed by atoms with van der Waals surface area (Å²) in [6.07, 6.45) is -4.42. The van der Waals surface area contributed by atoms with Gasteiger partial charge in [0, 0.05) is 36.8 Å². The van der Waals surface area contributed by atoms with Gasteiger partial charge in [-0.1, -0.05) is 72.8 Å². The van der Waals surface area contributed by atoms with E-state index >= 15 is 0 Å². The van der Waals surface area contributed by atoms with Crippen LogP contribution in [0, 0.1) is 13.8 Å². The van der Waals surface area contributed by atoms with Crippen LogP contribution in [0.2, 0.25) is 0 Å². The van der Waals surface area contributed by atoms with Crippen molar-refractivity contribution in [2.24, 2.45) is 4.99 Å². The Labute approximate surface area is 242 Å². The molecule has 1 saturated heterocycles. The average Bonchev–Trinajstić information content (AvgIpc) is 3.32. The second kappa shape index (κ2) is 11.4. The molecule has 1 aliphatic heterocycles. The standard InChI is InChI=1S/C33H30F3N5O/c1-22-26(14-9-15-27(22)33(34,35)36)21-41-23(2)37-31-28(41)20-29(40-16-18-42-19-17-40)38-32(31)39-30(24-10-5-3-6-11-24)25-12-7-4-8-13-25/h3-15,20H,16-19,21H2,1-2H3. The van der Waals surface area contributed by atoms with Crippen molar-refractivity contribution in [2.75, 3.05) is 31.2 Å². The number of imidazole rings is 1. The summed E-state index contributed by atoms with van der Waals surface area (Å²) >= 11 is 0. The van der Waals surface area contributed by atoms with Gasteiger partial charge in [0.1, 0.15) is 17.2 Å². The lowest BCUT2D eigenvalue weighted by Gasteiger charge is -2.28. The maximum atomic E-state index is 13.7. The summed E-state index contributed by atoms with van der Waals surface area (Å²) in [5.41, 5.74) is 4.15. The number of nitrogens with zero attached hydrogens (tertiary/aromatic N) is 5. The lowest BCUT2D eigenvalue weighted by Crippen LogP contribution is -2.36. The van der Waals surface area contributed by atoms with Gasteiger partial charge in [-0.05, 0) is 31.0 Å². The minimum atomic E-state index is -4.42. The quantitative estimate of drug-likeness (QED) is 0.204. The van der Waals surface area contributed by atoms with Crippen LogP contribution in [0.1, 0.15) is 33.6 Å². The molecule has 1 fully saturated rings. The Bertz CT molecular complexity index is 1700. The number of benzene rings is 3. The highest BCUT2D eigenvalue weighted by atomic mass is 19.4. The summed E-state index contributed by atoms with van der Waals surface area (Å²) in [4.78, 5) is 17.1. The number of alkyl halides is 3. The van der Waals surface area contributed by atoms with Crippen LogP contribution < -0.4 is 4.90 Å². The Balaban J connectivity index is 1.55. The highest BCUT2D eigenvalue weighted by molar-refractivity contribution is 6.14. The molecule has 1 aliphatic rings. The number of fused-ring (bicyclic) bond motifs is 1. The van der Waals surface area contributed by atoms with E-state index in [-0.39, 0.29) is 12.1 Å². The number of aromatic nitrogens is 3. The number of hydrogen-bond donors (Lipinski definition) is 0. The van der Waals surface area contributed by atoms with E-state index in [0.717, 1.165) is 34.2 Å². The Morgan fingerprint density at radius 1 is 0.857 bits per heavy atom. The molecule has 0 saturated carbocycles. The predicted molar refractivity (Wildman–Crippen MR) is 159 cm³/mol. The zero-order valence-electron chi connectivity index (χ0n) is 23.4. The predicted octanol–water partition coefficient (Wildman–Crippen LogP) is 7.12. The van der Waals surface area contributed by atoms with Gasteiger partial charge in [0.2, 0.25) is 0 Å². The molecular weight excluding hydrogens is 539 g/mol. The minimum absolute atomic E-state index is 0.211. The van der Waals surface area contributed by atoms with E-state index in [9.17, 15) is 13.2 Å². The molecule has 9 heteroatoms. The van der Waals surface area contributed by atoms with E-state index in [1.165, 1.54) is 13.0 Å². The summed E-state index contributed by atoms with van der Waals surface area (Å²) < 4.78 is 48.6. The van der Waals surface area contributed by atoms with E-state index in [0.29, 0.717) is 49.0 Å². The molecule has 0 amide bonds. The molecule has 42 heavy (non-hydrogen) atoms. The Morgan fingerprint density at radius 3 is 2.12 bits per heavy atom. The van der Waals surface area contributed by atoms with Gasteiger partial charge in [-0.15, -0.1) is 0 Å². The van der Waals surface area contributed by atoms with Crippen LogP contribution in [0.25, 0.3) is 11.0 Å². The van der Waals surface area contributed by atoms with Crippen LogP contribution in [0.4, 0.5) is 24.8 Å². The monoisotopic (exact) mass is 569 g/mol. The van der Waals surface area contributed by atoms with Crippen molar-refractivity contribution in [3.8, 4) is 0 Å². The summed E-state index contributed by atoms with van der Waals surface area (Å²) in [7, 11) is 0. The molecule has 0 aliphatic carbocycles. The number of morpholine rings is 1. The summed E-state index contributed by atoms with van der Waals surface area (Å²) in [6, 6.07) is 26.1. The molecule has 2 aromatic heterocycles. The maximum absolute atomic E-state index is 13.7. The first-order chi connectivity index (χ1) is 20.3. The lowest BCUT2D eigenvalue weighted by atomic mass is 10.0. The third-order valence-corrected chi connectivity index (χ3v) is 7.62. The number of anilines is 1. The molecule has 3 heterocycles. The van der Waals surface area contributed by atoms with Crippen molar-refractivity contribution < 1.29 is 17.9 Å². The molecule has 6 rings (SSSR count). The molecule has 0 atom stereocenters. The van der Waals surface area contributed by atoms with Crippen molar-refractivity contribution in [3.63, 3.8) is 0 Å². The zero-order chi connectivity index (χ0) is 29.3.